The molecule has 7 nitrogen and oxygen atoms in total. The van der Waals surface area contributed by atoms with Crippen LogP contribution in [0.5, 0.6) is 0 Å². The van der Waals surface area contributed by atoms with Gasteiger partial charge in [0, 0.05) is 11.1 Å². The van der Waals surface area contributed by atoms with E-state index in [0.717, 1.165) is 10.8 Å². The topological polar surface area (TPSA) is 80.9 Å². The third kappa shape index (κ3) is 1.90. The van der Waals surface area contributed by atoms with Crippen molar-refractivity contribution in [3.05, 3.63) is 28.5 Å². The summed E-state index contributed by atoms with van der Waals surface area (Å²) in [6.07, 6.45) is 5.18. The maximum absolute atomic E-state index is 4.35. The zero-order chi connectivity index (χ0) is 12.5. The van der Waals surface area contributed by atoms with E-state index < -0.39 is 0 Å². The lowest BCUT2D eigenvalue weighted by Crippen LogP contribution is -2.10. The Labute approximate surface area is 107 Å². The molecule has 1 unspecified atom stereocenters. The van der Waals surface area contributed by atoms with E-state index in [-0.39, 0.29) is 6.04 Å². The van der Waals surface area contributed by atoms with Gasteiger partial charge in [-0.2, -0.15) is 4.52 Å². The number of tetrazole rings is 1. The molecule has 92 valence electrons. The van der Waals surface area contributed by atoms with Crippen LogP contribution in [0.15, 0.2) is 18.6 Å². The molecule has 1 N–H and O–H groups in total. The Morgan fingerprint density at radius 2 is 2.22 bits per heavy atom. The largest absolute Gasteiger partial charge is 0.360 e. The first kappa shape index (κ1) is 11.0. The summed E-state index contributed by atoms with van der Waals surface area (Å²) in [6.45, 7) is 4.08. The minimum Gasteiger partial charge on any atom is -0.360 e. The lowest BCUT2D eigenvalue weighted by atomic mass is 10.3. The van der Waals surface area contributed by atoms with Crippen molar-refractivity contribution >= 4 is 22.8 Å². The molecule has 3 heterocycles. The maximum atomic E-state index is 4.35. The van der Waals surface area contributed by atoms with Gasteiger partial charge in [0.2, 0.25) is 0 Å². The second-order valence-corrected chi connectivity index (χ2v) is 5.18. The maximum Gasteiger partial charge on any atom is 0.199 e. The number of aromatic nitrogens is 6. The highest BCUT2D eigenvalue weighted by molar-refractivity contribution is 7.11. The van der Waals surface area contributed by atoms with Gasteiger partial charge in [0.25, 0.3) is 0 Å². The fourth-order valence-corrected chi connectivity index (χ4v) is 2.41. The molecule has 0 radical (unpaired) electrons. The number of rotatable bonds is 3. The van der Waals surface area contributed by atoms with Crippen molar-refractivity contribution in [1.29, 1.82) is 0 Å². The molecule has 1 atom stereocenters. The van der Waals surface area contributed by atoms with Crippen molar-refractivity contribution in [2.45, 2.75) is 19.9 Å². The van der Waals surface area contributed by atoms with Crippen molar-refractivity contribution in [2.24, 2.45) is 0 Å². The molecule has 3 aromatic heterocycles. The number of anilines is 1. The van der Waals surface area contributed by atoms with Crippen LogP contribution in [0.1, 0.15) is 22.9 Å². The van der Waals surface area contributed by atoms with E-state index in [0.29, 0.717) is 5.65 Å². The van der Waals surface area contributed by atoms with Gasteiger partial charge < -0.3 is 5.32 Å². The SMILES string of the molecule is Cc1cnc(C(C)Nc2cncc3nnnn23)s1. The van der Waals surface area contributed by atoms with Gasteiger partial charge in [-0.05, 0) is 24.3 Å². The Balaban J connectivity index is 1.90. The Morgan fingerprint density at radius 1 is 1.33 bits per heavy atom. The van der Waals surface area contributed by atoms with Crippen molar-refractivity contribution in [3.63, 3.8) is 0 Å². The highest BCUT2D eigenvalue weighted by Crippen LogP contribution is 2.22. The van der Waals surface area contributed by atoms with E-state index in [1.165, 1.54) is 4.88 Å². The number of fused-ring (bicyclic) bond motifs is 1. The summed E-state index contributed by atoms with van der Waals surface area (Å²) < 4.78 is 1.62. The molecule has 3 aromatic rings. The molecular weight excluding hydrogens is 250 g/mol. The number of nitrogens with zero attached hydrogens (tertiary/aromatic N) is 6. The van der Waals surface area contributed by atoms with Crippen molar-refractivity contribution < 1.29 is 0 Å². The molecule has 0 fully saturated rings. The first-order valence-corrected chi connectivity index (χ1v) is 6.26. The average Bonchev–Trinajstić information content (AvgIpc) is 2.97. The van der Waals surface area contributed by atoms with Gasteiger partial charge in [-0.25, -0.2) is 4.98 Å². The van der Waals surface area contributed by atoms with Crippen LogP contribution in [0.2, 0.25) is 0 Å². The van der Waals surface area contributed by atoms with E-state index >= 15 is 0 Å². The van der Waals surface area contributed by atoms with Gasteiger partial charge in [0.05, 0.1) is 18.4 Å². The Kier molecular flexibility index (Phi) is 2.63. The fourth-order valence-electron chi connectivity index (χ4n) is 1.63. The lowest BCUT2D eigenvalue weighted by molar-refractivity contribution is 0.793. The van der Waals surface area contributed by atoms with Crippen LogP contribution in [0.4, 0.5) is 5.82 Å². The molecule has 0 saturated heterocycles. The highest BCUT2D eigenvalue weighted by atomic mass is 32.1. The first-order valence-electron chi connectivity index (χ1n) is 5.45. The Hall–Kier alpha value is -2.09. The van der Waals surface area contributed by atoms with E-state index in [4.69, 9.17) is 0 Å². The molecule has 0 spiro atoms. The molecule has 8 heteroatoms. The van der Waals surface area contributed by atoms with Crippen LogP contribution in [0.3, 0.4) is 0 Å². The standard InChI is InChI=1S/C10H11N7S/c1-6-3-12-10(18-6)7(2)13-8-4-11-5-9-14-15-16-17(8)9/h3-5,7,13H,1-2H3. The minimum absolute atomic E-state index is 0.0836. The first-order chi connectivity index (χ1) is 8.74. The number of hydrogen-bond acceptors (Lipinski definition) is 7. The fraction of sp³-hybridized carbons (Fsp3) is 0.300. The molecule has 0 saturated carbocycles. The molecule has 3 rings (SSSR count). The smallest absolute Gasteiger partial charge is 0.199 e. The quantitative estimate of drug-likeness (QED) is 0.768. The molecule has 0 aliphatic rings. The van der Waals surface area contributed by atoms with Crippen molar-refractivity contribution in [1.82, 2.24) is 30.0 Å². The van der Waals surface area contributed by atoms with Crippen molar-refractivity contribution in [2.75, 3.05) is 5.32 Å². The van der Waals surface area contributed by atoms with Gasteiger partial charge in [0.1, 0.15) is 5.01 Å². The number of aryl methyl sites for hydroxylation is 1. The van der Waals surface area contributed by atoms with Crippen molar-refractivity contribution in [3.8, 4) is 0 Å². The zero-order valence-electron chi connectivity index (χ0n) is 9.90. The summed E-state index contributed by atoms with van der Waals surface area (Å²) in [5.74, 6) is 0.748. The molecule has 0 aromatic carbocycles. The summed E-state index contributed by atoms with van der Waals surface area (Å²) in [4.78, 5) is 9.64. The second-order valence-electron chi connectivity index (χ2n) is 3.92. The summed E-state index contributed by atoms with van der Waals surface area (Å²) in [6, 6.07) is 0.0836. The zero-order valence-corrected chi connectivity index (χ0v) is 10.7. The molecule has 0 aliphatic heterocycles. The summed E-state index contributed by atoms with van der Waals surface area (Å²) in [7, 11) is 0. The van der Waals surface area contributed by atoms with Crippen LogP contribution in [0.25, 0.3) is 5.65 Å². The van der Waals surface area contributed by atoms with Crippen LogP contribution < -0.4 is 5.32 Å². The molecule has 0 amide bonds. The summed E-state index contributed by atoms with van der Waals surface area (Å²) in [5.41, 5.74) is 0.613. The minimum atomic E-state index is 0.0836. The van der Waals surface area contributed by atoms with E-state index in [1.807, 2.05) is 20.0 Å². The van der Waals surface area contributed by atoms with Gasteiger partial charge in [-0.1, -0.05) is 0 Å². The van der Waals surface area contributed by atoms with E-state index in [2.05, 4.69) is 30.8 Å². The predicted molar refractivity (Wildman–Crippen MR) is 67.5 cm³/mol. The number of hydrogen-bond donors (Lipinski definition) is 1. The van der Waals surface area contributed by atoms with Gasteiger partial charge in [-0.3, -0.25) is 4.98 Å². The van der Waals surface area contributed by atoms with Crippen LogP contribution >= 0.6 is 11.3 Å². The van der Waals surface area contributed by atoms with E-state index in [9.17, 15) is 0 Å². The third-order valence-electron chi connectivity index (χ3n) is 2.48. The van der Waals surface area contributed by atoms with E-state index in [1.54, 1.807) is 28.2 Å². The van der Waals surface area contributed by atoms with Crippen LogP contribution in [-0.4, -0.2) is 30.0 Å². The molecule has 0 aliphatic carbocycles. The lowest BCUT2D eigenvalue weighted by Gasteiger charge is -2.12. The van der Waals surface area contributed by atoms with Crippen LogP contribution in [-0.2, 0) is 0 Å². The van der Waals surface area contributed by atoms with Gasteiger partial charge in [0.15, 0.2) is 11.5 Å². The highest BCUT2D eigenvalue weighted by Gasteiger charge is 2.12. The Morgan fingerprint density at radius 3 is 3.00 bits per heavy atom. The molecule has 18 heavy (non-hydrogen) atoms. The average molecular weight is 261 g/mol. The summed E-state index contributed by atoms with van der Waals surface area (Å²) in [5, 5.41) is 15.7. The normalized spacial score (nSPS) is 12.8. The number of thiazole rings is 1. The predicted octanol–water partition coefficient (Wildman–Crippen LogP) is 1.46. The second kappa shape index (κ2) is 4.30. The van der Waals surface area contributed by atoms with Gasteiger partial charge in [-0.15, -0.1) is 16.4 Å². The summed E-state index contributed by atoms with van der Waals surface area (Å²) >= 11 is 1.67. The number of nitrogens with one attached hydrogen (secondary N) is 1. The molecule has 0 bridgehead atoms. The monoisotopic (exact) mass is 261 g/mol. The third-order valence-corrected chi connectivity index (χ3v) is 3.58. The van der Waals surface area contributed by atoms with Crippen LogP contribution in [0, 0.1) is 6.92 Å². The Bertz CT molecular complexity index is 673. The van der Waals surface area contributed by atoms with Gasteiger partial charge >= 0.3 is 0 Å². The molecular formula is C10H11N7S.